The third-order valence-electron chi connectivity index (χ3n) is 8.20. The van der Waals surface area contributed by atoms with Crippen LogP contribution in [0.2, 0.25) is 0 Å². The van der Waals surface area contributed by atoms with Gasteiger partial charge in [0.25, 0.3) is 0 Å². The molecule has 1 aliphatic rings. The van der Waals surface area contributed by atoms with E-state index in [1.54, 1.807) is 0 Å². The lowest BCUT2D eigenvalue weighted by molar-refractivity contribution is -0.277. The molecule has 0 amide bonds. The van der Waals surface area contributed by atoms with Gasteiger partial charge in [0.2, 0.25) is 0 Å². The molecule has 270 valence electrons. The van der Waals surface area contributed by atoms with Gasteiger partial charge in [-0.05, 0) is 68.1 Å². The highest BCUT2D eigenvalue weighted by molar-refractivity contribution is 7.98. The quantitative estimate of drug-likeness (QED) is 0.0454. The summed E-state index contributed by atoms with van der Waals surface area (Å²) in [5.74, 6) is -4.02. The first-order valence-electron chi connectivity index (χ1n) is 16.6. The number of hydrogen-bond donors (Lipinski definition) is 6. The molecule has 0 aliphatic carbocycles. The molecular formula is C31H62N6O6S3. The predicted octanol–water partition coefficient (Wildman–Crippen LogP) is 3.47. The molecule has 0 saturated carbocycles. The van der Waals surface area contributed by atoms with Crippen molar-refractivity contribution < 1.29 is 28.6 Å². The average molecular weight is 711 g/mol. The molecule has 1 fully saturated rings. The van der Waals surface area contributed by atoms with Crippen LogP contribution in [0.15, 0.2) is 0 Å². The molecule has 12 nitrogen and oxygen atoms in total. The van der Waals surface area contributed by atoms with Gasteiger partial charge in [0.15, 0.2) is 23.1 Å². The highest BCUT2D eigenvalue weighted by Gasteiger charge is 2.57. The van der Waals surface area contributed by atoms with Crippen molar-refractivity contribution in [1.82, 2.24) is 5.32 Å². The third kappa shape index (κ3) is 14.8. The predicted molar refractivity (Wildman–Crippen MR) is 192 cm³/mol. The summed E-state index contributed by atoms with van der Waals surface area (Å²) in [6.07, 6.45) is 18.0. The number of thioether (sulfide) groups is 3. The molecule has 0 aromatic carbocycles. The van der Waals surface area contributed by atoms with Crippen molar-refractivity contribution in [3.8, 4) is 0 Å². The van der Waals surface area contributed by atoms with E-state index in [0.717, 1.165) is 25.7 Å². The second-order valence-corrected chi connectivity index (χ2v) is 15.4. The Morgan fingerprint density at radius 3 is 1.59 bits per heavy atom. The summed E-state index contributed by atoms with van der Waals surface area (Å²) >= 11 is 4.38. The number of rotatable bonds is 25. The van der Waals surface area contributed by atoms with Crippen LogP contribution < -0.4 is 34.0 Å². The van der Waals surface area contributed by atoms with Crippen molar-refractivity contribution in [2.75, 3.05) is 36.0 Å². The summed E-state index contributed by atoms with van der Waals surface area (Å²) < 4.78 is 17.1. The number of cyclic esters (lactones) is 2. The largest absolute Gasteiger partial charge is 0.450 e. The Morgan fingerprint density at radius 1 is 0.761 bits per heavy atom. The fraction of sp³-hybridized carbons (Fsp3) is 0.903. The van der Waals surface area contributed by atoms with Crippen LogP contribution in [0.4, 0.5) is 0 Å². The van der Waals surface area contributed by atoms with E-state index in [1.807, 2.05) is 18.8 Å². The van der Waals surface area contributed by atoms with Gasteiger partial charge in [-0.25, -0.2) is 14.4 Å². The normalized spacial score (nSPS) is 24.5. The molecule has 11 N–H and O–H groups in total. The summed E-state index contributed by atoms with van der Waals surface area (Å²) in [5, 5.41) is 2.81. The smallest absolute Gasteiger partial charge is 0.354 e. The Morgan fingerprint density at radius 2 is 1.17 bits per heavy atom. The lowest BCUT2D eigenvalue weighted by Crippen LogP contribution is -2.78. The zero-order valence-corrected chi connectivity index (χ0v) is 31.0. The number of esters is 3. The Labute approximate surface area is 289 Å². The van der Waals surface area contributed by atoms with E-state index < -0.39 is 46.9 Å². The Kier molecular flexibility index (Phi) is 20.7. The van der Waals surface area contributed by atoms with Crippen LogP contribution in [0.5, 0.6) is 0 Å². The van der Waals surface area contributed by atoms with Gasteiger partial charge in [0, 0.05) is 0 Å². The maximum Gasteiger partial charge on any atom is 0.354 e. The highest BCUT2D eigenvalue weighted by Crippen LogP contribution is 2.30. The molecule has 15 heteroatoms. The van der Waals surface area contributed by atoms with Gasteiger partial charge in [0.05, 0.1) is 0 Å². The van der Waals surface area contributed by atoms with E-state index in [0.29, 0.717) is 23.7 Å². The van der Waals surface area contributed by atoms with E-state index in [1.165, 1.54) is 80.2 Å². The molecule has 0 aromatic rings. The summed E-state index contributed by atoms with van der Waals surface area (Å²) in [6, 6.07) is 0. The van der Waals surface area contributed by atoms with Crippen molar-refractivity contribution in [3.63, 3.8) is 0 Å². The molecule has 1 saturated heterocycles. The lowest BCUT2D eigenvalue weighted by Gasteiger charge is -2.45. The maximum absolute atomic E-state index is 13.6. The van der Waals surface area contributed by atoms with E-state index in [9.17, 15) is 14.4 Å². The molecule has 0 spiro atoms. The molecule has 1 aliphatic heterocycles. The Hall–Kier alpha value is -0.780. The molecule has 3 unspecified atom stereocenters. The average Bonchev–Trinajstić information content (AvgIpc) is 3.01. The number of nitrogens with one attached hydrogen (secondary N) is 1. The summed E-state index contributed by atoms with van der Waals surface area (Å²) in [7, 11) is 0. The van der Waals surface area contributed by atoms with E-state index in [-0.39, 0.29) is 25.7 Å². The number of ether oxygens (including phenoxy) is 3. The van der Waals surface area contributed by atoms with Crippen molar-refractivity contribution >= 4 is 53.2 Å². The van der Waals surface area contributed by atoms with Crippen LogP contribution in [0.25, 0.3) is 0 Å². The van der Waals surface area contributed by atoms with Gasteiger partial charge in [-0.15, -0.1) is 0 Å². The minimum Gasteiger partial charge on any atom is -0.450 e. The van der Waals surface area contributed by atoms with Crippen molar-refractivity contribution in [2.24, 2.45) is 28.7 Å². The van der Waals surface area contributed by atoms with Crippen molar-refractivity contribution in [1.29, 1.82) is 0 Å². The second-order valence-electron chi connectivity index (χ2n) is 12.4. The summed E-state index contributed by atoms with van der Waals surface area (Å²) in [6.45, 7) is 2.22. The van der Waals surface area contributed by atoms with Crippen LogP contribution in [0.1, 0.15) is 110 Å². The SMILES string of the molecule is CCCCCCCCCCCCCCC(OC(=O)C(N)(N)CCSC)C1(N)OC(=O)C(N)(CCSC)NC(N)(CCSC)C(=O)O1. The molecule has 0 aromatic heterocycles. The minimum absolute atomic E-state index is 0.0845. The monoisotopic (exact) mass is 710 g/mol. The fourth-order valence-corrected chi connectivity index (χ4v) is 6.70. The highest BCUT2D eigenvalue weighted by atomic mass is 32.2. The van der Waals surface area contributed by atoms with Gasteiger partial charge in [0.1, 0.15) is 0 Å². The van der Waals surface area contributed by atoms with Gasteiger partial charge in [-0.2, -0.15) is 35.3 Å². The van der Waals surface area contributed by atoms with Crippen LogP contribution in [0.3, 0.4) is 0 Å². The fourth-order valence-electron chi connectivity index (χ4n) is 5.10. The second kappa shape index (κ2) is 22.0. The number of unbranched alkanes of at least 4 members (excludes halogenated alkanes) is 11. The van der Waals surface area contributed by atoms with Crippen LogP contribution in [0, 0.1) is 0 Å². The molecular weight excluding hydrogens is 649 g/mol. The zero-order chi connectivity index (χ0) is 34.7. The van der Waals surface area contributed by atoms with E-state index >= 15 is 0 Å². The number of nitrogens with two attached hydrogens (primary N) is 5. The summed E-state index contributed by atoms with van der Waals surface area (Å²) in [4.78, 5) is 40.5. The topological polar surface area (TPSA) is 221 Å². The molecule has 1 rings (SSSR count). The van der Waals surface area contributed by atoms with Gasteiger partial charge < -0.3 is 37.1 Å². The Balaban J connectivity index is 3.15. The summed E-state index contributed by atoms with van der Waals surface area (Å²) in [5.41, 5.74) is 26.3. The van der Waals surface area contributed by atoms with E-state index in [2.05, 4.69) is 12.2 Å². The molecule has 46 heavy (non-hydrogen) atoms. The van der Waals surface area contributed by atoms with Crippen LogP contribution in [-0.2, 0) is 28.6 Å². The van der Waals surface area contributed by atoms with Crippen molar-refractivity contribution in [3.05, 3.63) is 0 Å². The Bertz CT molecular complexity index is 886. The minimum atomic E-state index is -2.52. The first-order valence-corrected chi connectivity index (χ1v) is 20.8. The van der Waals surface area contributed by atoms with Gasteiger partial charge in [-0.1, -0.05) is 77.6 Å². The first-order chi connectivity index (χ1) is 21.7. The lowest BCUT2D eigenvalue weighted by atomic mass is 9.99. The van der Waals surface area contributed by atoms with Crippen LogP contribution >= 0.6 is 35.3 Å². The third-order valence-corrected chi connectivity index (χ3v) is 10.0. The van der Waals surface area contributed by atoms with E-state index in [4.69, 9.17) is 42.9 Å². The van der Waals surface area contributed by atoms with Crippen molar-refractivity contribution in [2.45, 2.75) is 139 Å². The molecule has 1 heterocycles. The standard InChI is InChI=1S/C31H62N6O6S3/c1-5-6-7-8-9-10-11-12-13-14-15-16-17-24(41-25(38)28(32,33)18-21-44-2)31(36)42-26(39)29(34,19-22-45-3)37-30(35,20-23-46-4)27(40)43-31/h24,37H,5-23,32-36H2,1-4H3. The molecule has 0 radical (unpaired) electrons. The maximum atomic E-state index is 13.6. The molecule has 3 atom stereocenters. The number of carbonyl (C=O) groups excluding carboxylic acids is 3. The van der Waals surface area contributed by atoms with Gasteiger partial charge in [-0.3, -0.25) is 11.1 Å². The van der Waals surface area contributed by atoms with Crippen LogP contribution in [-0.4, -0.2) is 82.9 Å². The zero-order valence-electron chi connectivity index (χ0n) is 28.6. The number of hydrogen-bond acceptors (Lipinski definition) is 15. The van der Waals surface area contributed by atoms with Gasteiger partial charge >= 0.3 is 23.8 Å². The first kappa shape index (κ1) is 43.2. The molecule has 0 bridgehead atoms. The number of carbonyl (C=O) groups is 3.